The van der Waals surface area contributed by atoms with Gasteiger partial charge in [-0.05, 0) is 30.2 Å². The van der Waals surface area contributed by atoms with Crippen molar-refractivity contribution >= 4 is 48.8 Å². The third kappa shape index (κ3) is 4.45. The summed E-state index contributed by atoms with van der Waals surface area (Å²) in [5.41, 5.74) is 1.66. The highest BCUT2D eigenvalue weighted by Gasteiger charge is 2.23. The van der Waals surface area contributed by atoms with Gasteiger partial charge in [-0.15, -0.1) is 0 Å². The van der Waals surface area contributed by atoms with Crippen molar-refractivity contribution in [2.24, 2.45) is 0 Å². The smallest absolute Gasteiger partial charge is 0.269 e. The Morgan fingerprint density at radius 2 is 1.82 bits per heavy atom. The molecule has 0 spiro atoms. The summed E-state index contributed by atoms with van der Waals surface area (Å²) in [4.78, 5) is 31.8. The lowest BCUT2D eigenvalue weighted by Gasteiger charge is -2.11. The van der Waals surface area contributed by atoms with Crippen LogP contribution in [0.2, 0.25) is 0 Å². The van der Waals surface area contributed by atoms with E-state index in [2.05, 4.69) is 15.3 Å². The maximum atomic E-state index is 13.0. The van der Waals surface area contributed by atoms with Crippen molar-refractivity contribution in [3.8, 4) is 0 Å². The Kier molecular flexibility index (Phi) is 5.91. The number of carbonyl (C=O) groups excluding carboxylic acids is 1. The number of pyridine rings is 1. The maximum Gasteiger partial charge on any atom is 0.269 e. The minimum Gasteiger partial charge on any atom is -0.298 e. The molecular formula is C22H18N4O5S2. The minimum atomic E-state index is -3.94. The molecule has 1 amide bonds. The molecule has 11 heteroatoms. The van der Waals surface area contributed by atoms with Crippen molar-refractivity contribution in [1.29, 1.82) is 0 Å². The predicted octanol–water partition coefficient (Wildman–Crippen LogP) is 4.81. The van der Waals surface area contributed by atoms with Crippen LogP contribution in [0.5, 0.6) is 0 Å². The molecule has 0 saturated carbocycles. The van der Waals surface area contributed by atoms with E-state index in [1.165, 1.54) is 12.1 Å². The van der Waals surface area contributed by atoms with E-state index in [0.29, 0.717) is 16.5 Å². The number of benzene rings is 2. The van der Waals surface area contributed by atoms with Crippen LogP contribution >= 0.6 is 11.3 Å². The van der Waals surface area contributed by atoms with Gasteiger partial charge in [0.2, 0.25) is 9.84 Å². The molecule has 4 aromatic rings. The number of para-hydroxylation sites is 1. The molecule has 168 valence electrons. The summed E-state index contributed by atoms with van der Waals surface area (Å²) in [6.45, 7) is 3.96. The zero-order valence-electron chi connectivity index (χ0n) is 17.6. The number of nitrogens with one attached hydrogen (secondary N) is 1. The molecule has 0 radical (unpaired) electrons. The van der Waals surface area contributed by atoms with Crippen LogP contribution in [0.1, 0.15) is 35.8 Å². The molecule has 0 atom stereocenters. The fraction of sp³-hybridized carbons (Fsp3) is 0.136. The molecular weight excluding hydrogens is 464 g/mol. The summed E-state index contributed by atoms with van der Waals surface area (Å²) < 4.78 is 25.6. The van der Waals surface area contributed by atoms with Crippen molar-refractivity contribution < 1.29 is 18.1 Å². The van der Waals surface area contributed by atoms with Gasteiger partial charge in [0.25, 0.3) is 11.6 Å². The predicted molar refractivity (Wildman–Crippen MR) is 124 cm³/mol. The Bertz CT molecular complexity index is 1480. The SMILES string of the molecule is CC(C)c1cc(C(=O)Nc2ncc(S(=O)(=O)c3ccc([N+](=O)[O-])cc3)s2)c2ccccc2n1. The molecule has 0 aliphatic rings. The second kappa shape index (κ2) is 8.68. The van der Waals surface area contributed by atoms with E-state index in [9.17, 15) is 23.3 Å². The van der Waals surface area contributed by atoms with E-state index in [-0.39, 0.29) is 25.8 Å². The number of nitrogens with zero attached hydrogens (tertiary/aromatic N) is 3. The van der Waals surface area contributed by atoms with Crippen LogP contribution in [0.4, 0.5) is 10.8 Å². The second-order valence-corrected chi connectivity index (χ2v) is 10.7. The molecule has 9 nitrogen and oxygen atoms in total. The van der Waals surface area contributed by atoms with E-state index >= 15 is 0 Å². The van der Waals surface area contributed by atoms with Gasteiger partial charge < -0.3 is 0 Å². The van der Waals surface area contributed by atoms with Gasteiger partial charge >= 0.3 is 0 Å². The standard InChI is InChI=1S/C22H18N4O5S2/c1-13(2)19-11-17(16-5-3-4-6-18(16)24-19)21(27)25-22-23-12-20(32-22)33(30,31)15-9-7-14(8-10-15)26(28)29/h3-13H,1-2H3,(H,23,25,27). The van der Waals surface area contributed by atoms with E-state index in [4.69, 9.17) is 0 Å². The zero-order valence-corrected chi connectivity index (χ0v) is 19.2. The molecule has 2 heterocycles. The normalized spacial score (nSPS) is 11.6. The summed E-state index contributed by atoms with van der Waals surface area (Å²) in [6, 6.07) is 13.6. The Balaban J connectivity index is 1.63. The summed E-state index contributed by atoms with van der Waals surface area (Å²) in [7, 11) is -3.94. The number of sulfone groups is 1. The van der Waals surface area contributed by atoms with Crippen molar-refractivity contribution in [3.63, 3.8) is 0 Å². The Labute approximate surface area is 193 Å². The van der Waals surface area contributed by atoms with Gasteiger partial charge in [-0.3, -0.25) is 25.2 Å². The molecule has 0 unspecified atom stereocenters. The van der Waals surface area contributed by atoms with Gasteiger partial charge in [-0.25, -0.2) is 13.4 Å². The van der Waals surface area contributed by atoms with Crippen molar-refractivity contribution in [1.82, 2.24) is 9.97 Å². The van der Waals surface area contributed by atoms with Gasteiger partial charge in [0.15, 0.2) is 5.13 Å². The number of aromatic nitrogens is 2. The number of carbonyl (C=O) groups is 1. The average molecular weight is 483 g/mol. The molecule has 4 rings (SSSR count). The lowest BCUT2D eigenvalue weighted by atomic mass is 10.0. The highest BCUT2D eigenvalue weighted by Crippen LogP contribution is 2.30. The highest BCUT2D eigenvalue weighted by molar-refractivity contribution is 7.93. The van der Waals surface area contributed by atoms with E-state index in [1.54, 1.807) is 12.1 Å². The number of thiazole rings is 1. The monoisotopic (exact) mass is 482 g/mol. The molecule has 2 aromatic carbocycles. The van der Waals surface area contributed by atoms with Crippen molar-refractivity contribution in [2.75, 3.05) is 5.32 Å². The summed E-state index contributed by atoms with van der Waals surface area (Å²) in [5, 5.41) is 14.3. The molecule has 0 bridgehead atoms. The first-order chi connectivity index (χ1) is 15.7. The number of hydrogen-bond donors (Lipinski definition) is 1. The number of fused-ring (bicyclic) bond motifs is 1. The third-order valence-corrected chi connectivity index (χ3v) is 8.04. The zero-order chi connectivity index (χ0) is 23.8. The van der Waals surface area contributed by atoms with Crippen LogP contribution in [0, 0.1) is 10.1 Å². The van der Waals surface area contributed by atoms with Crippen molar-refractivity contribution in [2.45, 2.75) is 28.9 Å². The van der Waals surface area contributed by atoms with E-state index < -0.39 is 20.7 Å². The molecule has 33 heavy (non-hydrogen) atoms. The number of nitro benzene ring substituents is 1. The van der Waals surface area contributed by atoms with Crippen LogP contribution in [0.25, 0.3) is 10.9 Å². The van der Waals surface area contributed by atoms with Crippen LogP contribution in [0.3, 0.4) is 0 Å². The largest absolute Gasteiger partial charge is 0.298 e. The first kappa shape index (κ1) is 22.5. The fourth-order valence-corrected chi connectivity index (χ4v) is 5.58. The Morgan fingerprint density at radius 3 is 2.48 bits per heavy atom. The Morgan fingerprint density at radius 1 is 1.12 bits per heavy atom. The van der Waals surface area contributed by atoms with Gasteiger partial charge in [0, 0.05) is 23.2 Å². The number of non-ortho nitro benzene ring substituents is 1. The quantitative estimate of drug-likeness (QED) is 0.308. The topological polar surface area (TPSA) is 132 Å². The van der Waals surface area contributed by atoms with Gasteiger partial charge in [-0.2, -0.15) is 0 Å². The summed E-state index contributed by atoms with van der Waals surface area (Å²) in [5.74, 6) is -0.316. The molecule has 1 N–H and O–H groups in total. The average Bonchev–Trinajstić information content (AvgIpc) is 3.27. The summed E-state index contributed by atoms with van der Waals surface area (Å²) in [6.07, 6.45) is 1.15. The number of nitro groups is 1. The van der Waals surface area contributed by atoms with Crippen LogP contribution < -0.4 is 5.32 Å². The third-order valence-electron chi connectivity index (χ3n) is 4.90. The maximum absolute atomic E-state index is 13.0. The lowest BCUT2D eigenvalue weighted by molar-refractivity contribution is -0.384. The van der Waals surface area contributed by atoms with Gasteiger partial charge in [0.05, 0.1) is 27.1 Å². The van der Waals surface area contributed by atoms with Crippen molar-refractivity contribution in [3.05, 3.63) is 82.2 Å². The van der Waals surface area contributed by atoms with E-state index in [1.807, 2.05) is 32.0 Å². The van der Waals surface area contributed by atoms with Gasteiger partial charge in [0.1, 0.15) is 4.21 Å². The highest BCUT2D eigenvalue weighted by atomic mass is 32.2. The Hall–Kier alpha value is -3.70. The number of anilines is 1. The number of amides is 1. The summed E-state index contributed by atoms with van der Waals surface area (Å²) >= 11 is 0.804. The van der Waals surface area contributed by atoms with Crippen LogP contribution in [0.15, 0.2) is 69.9 Å². The molecule has 2 aromatic heterocycles. The molecule has 0 aliphatic heterocycles. The second-order valence-electron chi connectivity index (χ2n) is 7.46. The number of rotatable bonds is 6. The molecule has 0 aliphatic carbocycles. The van der Waals surface area contributed by atoms with E-state index in [0.717, 1.165) is 35.4 Å². The number of hydrogen-bond acceptors (Lipinski definition) is 8. The molecule has 0 fully saturated rings. The first-order valence-electron chi connectivity index (χ1n) is 9.83. The lowest BCUT2D eigenvalue weighted by Crippen LogP contribution is -2.13. The minimum absolute atomic E-state index is 0.0888. The first-order valence-corrected chi connectivity index (χ1v) is 12.1. The fourth-order valence-electron chi connectivity index (χ4n) is 3.15. The van der Waals surface area contributed by atoms with Crippen LogP contribution in [-0.2, 0) is 9.84 Å². The van der Waals surface area contributed by atoms with Gasteiger partial charge in [-0.1, -0.05) is 43.4 Å². The molecule has 0 saturated heterocycles. The van der Waals surface area contributed by atoms with Crippen LogP contribution in [-0.4, -0.2) is 29.2 Å².